The minimum Gasteiger partial charge on any atom is -0.501 e. The van der Waals surface area contributed by atoms with Crippen molar-refractivity contribution in [3.8, 4) is 28.1 Å². The number of hydrogen-bond acceptors (Lipinski definition) is 6. The van der Waals surface area contributed by atoms with E-state index in [0.717, 1.165) is 35.2 Å². The van der Waals surface area contributed by atoms with E-state index in [-0.39, 0.29) is 41.4 Å². The number of Topliss-reactive ketones (excluding diaryl/α,β-unsaturated/α-hetero) is 1. The van der Waals surface area contributed by atoms with Crippen molar-refractivity contribution in [2.45, 2.75) is 45.1 Å². The minimum absolute atomic E-state index is 0.00438. The second-order valence-electron chi connectivity index (χ2n) is 10.8. The highest BCUT2D eigenvalue weighted by Crippen LogP contribution is 2.44. The summed E-state index contributed by atoms with van der Waals surface area (Å²) >= 11 is 0. The van der Waals surface area contributed by atoms with Gasteiger partial charge in [-0.1, -0.05) is 43.3 Å². The molecule has 0 aliphatic heterocycles. The first-order valence-electron chi connectivity index (χ1n) is 14.4. The van der Waals surface area contributed by atoms with Crippen molar-refractivity contribution in [3.05, 3.63) is 105 Å². The van der Waals surface area contributed by atoms with E-state index in [1.807, 2.05) is 44.3 Å². The summed E-state index contributed by atoms with van der Waals surface area (Å²) in [6.07, 6.45) is 4.59. The van der Waals surface area contributed by atoms with Crippen LogP contribution in [0.1, 0.15) is 58.2 Å². The number of carbonyl (C=O) groups excluding carboxylic acids is 1. The smallest absolute Gasteiger partial charge is 0.336 e. The van der Waals surface area contributed by atoms with Gasteiger partial charge in [-0.15, -0.1) is 0 Å². The summed E-state index contributed by atoms with van der Waals surface area (Å²) in [7, 11) is 1.82. The fourth-order valence-corrected chi connectivity index (χ4v) is 5.59. The maximum Gasteiger partial charge on any atom is 0.336 e. The van der Waals surface area contributed by atoms with Crippen LogP contribution in [0.2, 0.25) is 0 Å². The zero-order valence-corrected chi connectivity index (χ0v) is 24.3. The van der Waals surface area contributed by atoms with Crippen LogP contribution in [0.25, 0.3) is 38.0 Å². The van der Waals surface area contributed by atoms with Gasteiger partial charge in [0.15, 0.2) is 5.78 Å². The Morgan fingerprint density at radius 1 is 1.11 bits per heavy atom. The zero-order chi connectivity index (χ0) is 31.0. The number of para-hydroxylation sites is 1. The van der Waals surface area contributed by atoms with Crippen molar-refractivity contribution in [1.82, 2.24) is 20.0 Å². The number of benzene rings is 3. The number of hydrogen-bond donors (Lipinski definition) is 2. The van der Waals surface area contributed by atoms with Gasteiger partial charge in [0.05, 0.1) is 41.2 Å². The van der Waals surface area contributed by atoms with Crippen molar-refractivity contribution in [1.29, 1.82) is 0 Å². The van der Waals surface area contributed by atoms with Gasteiger partial charge in [0, 0.05) is 35.5 Å². The standard InChI is InChI=1S/C34H29N5O5/c1-4-19-16-20(26-18-36-39(3)32(26)24-10-7-11-29(31(24)35-2)44-21-12-13-21)17-25-27(37-38-33(41)30(19)25)14-15-28(40)22-8-5-6-9-23(22)34(42)43/h5-11,16-18,21H,4,12-15H2,1,3H3,(H,38,41)(H,42,43). The number of carboxylic acid groups (broad SMARTS) is 1. The molecule has 1 aliphatic rings. The third-order valence-electron chi connectivity index (χ3n) is 7.91. The average molecular weight is 588 g/mol. The van der Waals surface area contributed by atoms with Crippen molar-refractivity contribution < 1.29 is 19.4 Å². The van der Waals surface area contributed by atoms with Gasteiger partial charge in [-0.25, -0.2) is 14.7 Å². The molecule has 0 spiro atoms. The molecule has 3 aromatic carbocycles. The van der Waals surface area contributed by atoms with Gasteiger partial charge in [0.1, 0.15) is 5.75 Å². The number of carbonyl (C=O) groups is 2. The Morgan fingerprint density at radius 3 is 2.59 bits per heavy atom. The quantitative estimate of drug-likeness (QED) is 0.148. The Hall–Kier alpha value is -5.56. The van der Waals surface area contributed by atoms with E-state index >= 15 is 0 Å². The van der Waals surface area contributed by atoms with E-state index in [1.165, 1.54) is 12.1 Å². The van der Waals surface area contributed by atoms with Crippen LogP contribution in [0.5, 0.6) is 5.75 Å². The lowest BCUT2D eigenvalue weighted by Gasteiger charge is -2.15. The number of ether oxygens (including phenoxy) is 1. The molecule has 0 unspecified atom stereocenters. The van der Waals surface area contributed by atoms with Gasteiger partial charge in [-0.2, -0.15) is 10.2 Å². The summed E-state index contributed by atoms with van der Waals surface area (Å²) < 4.78 is 7.77. The van der Waals surface area contributed by atoms with Crippen molar-refractivity contribution in [2.75, 3.05) is 0 Å². The number of aromatic nitrogens is 4. The molecule has 44 heavy (non-hydrogen) atoms. The highest BCUT2D eigenvalue weighted by Gasteiger charge is 2.27. The number of aromatic amines is 1. The van der Waals surface area contributed by atoms with E-state index < -0.39 is 5.97 Å². The van der Waals surface area contributed by atoms with Crippen molar-refractivity contribution >= 4 is 28.2 Å². The molecule has 1 aliphatic carbocycles. The molecule has 0 amide bonds. The van der Waals surface area contributed by atoms with Crippen molar-refractivity contribution in [3.63, 3.8) is 0 Å². The van der Waals surface area contributed by atoms with Gasteiger partial charge in [0.25, 0.3) is 5.56 Å². The van der Waals surface area contributed by atoms with Crippen LogP contribution in [-0.4, -0.2) is 42.9 Å². The molecular weight excluding hydrogens is 558 g/mol. The molecule has 0 saturated heterocycles. The highest BCUT2D eigenvalue weighted by atomic mass is 16.5. The topological polar surface area (TPSA) is 132 Å². The molecule has 10 heteroatoms. The number of aromatic carboxylic acids is 1. The molecular formula is C34H29N5O5. The number of ketones is 1. The molecule has 0 bridgehead atoms. The maximum absolute atomic E-state index is 13.1. The number of fused-ring (bicyclic) bond motifs is 1. The molecule has 6 rings (SSSR count). The van der Waals surface area contributed by atoms with Gasteiger partial charge in [0.2, 0.25) is 5.69 Å². The van der Waals surface area contributed by atoms with Gasteiger partial charge >= 0.3 is 5.97 Å². The van der Waals surface area contributed by atoms with Crippen LogP contribution >= 0.6 is 0 Å². The van der Waals surface area contributed by atoms with Crippen LogP contribution < -0.4 is 10.3 Å². The largest absolute Gasteiger partial charge is 0.501 e. The fraction of sp³-hybridized carbons (Fsp3) is 0.235. The fourth-order valence-electron chi connectivity index (χ4n) is 5.59. The van der Waals surface area contributed by atoms with E-state index in [2.05, 4.69) is 20.1 Å². The second kappa shape index (κ2) is 11.6. The summed E-state index contributed by atoms with van der Waals surface area (Å²) in [5.74, 6) is -0.949. The van der Waals surface area contributed by atoms with Crippen molar-refractivity contribution in [2.24, 2.45) is 7.05 Å². The van der Waals surface area contributed by atoms with Gasteiger partial charge in [-0.3, -0.25) is 14.3 Å². The summed E-state index contributed by atoms with van der Waals surface area (Å²) in [4.78, 5) is 41.6. The van der Waals surface area contributed by atoms with Crippen LogP contribution in [0.15, 0.2) is 65.6 Å². The molecule has 0 atom stereocenters. The first-order chi connectivity index (χ1) is 21.3. The predicted octanol–water partition coefficient (Wildman–Crippen LogP) is 6.16. The van der Waals surface area contributed by atoms with Gasteiger partial charge in [-0.05, 0) is 55.0 Å². The highest BCUT2D eigenvalue weighted by molar-refractivity contribution is 6.06. The van der Waals surface area contributed by atoms with Crippen LogP contribution in [0.3, 0.4) is 0 Å². The molecule has 5 aromatic rings. The Balaban J connectivity index is 1.44. The van der Waals surface area contributed by atoms with Crippen LogP contribution in [-0.2, 0) is 19.9 Å². The maximum atomic E-state index is 13.1. The SMILES string of the molecule is [C-]#[N+]c1c(OC2CC2)cccc1-c1c(-c2cc(CC)c3c(=O)[nH]nc(CCC(=O)c4ccccc4C(=O)O)c3c2)cnn1C. The number of nitrogens with zero attached hydrogens (tertiary/aromatic N) is 4. The van der Waals surface area contributed by atoms with Crippen LogP contribution in [0.4, 0.5) is 5.69 Å². The van der Waals surface area contributed by atoms with E-state index in [4.69, 9.17) is 11.3 Å². The lowest BCUT2D eigenvalue weighted by molar-refractivity contribution is 0.0691. The Morgan fingerprint density at radius 2 is 1.89 bits per heavy atom. The Bertz CT molecular complexity index is 2050. The van der Waals surface area contributed by atoms with Gasteiger partial charge < -0.3 is 9.84 Å². The van der Waals surface area contributed by atoms with E-state index in [9.17, 15) is 19.5 Å². The molecule has 0 radical (unpaired) electrons. The molecule has 1 saturated carbocycles. The minimum atomic E-state index is -1.17. The normalized spacial score (nSPS) is 12.7. The number of aryl methyl sites for hydroxylation is 3. The predicted molar refractivity (Wildman–Crippen MR) is 165 cm³/mol. The molecule has 2 N–H and O–H groups in total. The summed E-state index contributed by atoms with van der Waals surface area (Å²) in [6.45, 7) is 9.91. The first kappa shape index (κ1) is 28.6. The van der Waals surface area contributed by atoms with E-state index in [1.54, 1.807) is 23.0 Å². The lowest BCUT2D eigenvalue weighted by Crippen LogP contribution is -2.15. The molecule has 2 aromatic heterocycles. The van der Waals surface area contributed by atoms with Crippen LogP contribution in [0, 0.1) is 6.57 Å². The third kappa shape index (κ3) is 5.24. The number of nitrogens with one attached hydrogen (secondary N) is 1. The number of rotatable bonds is 10. The molecule has 220 valence electrons. The molecule has 2 heterocycles. The lowest BCUT2D eigenvalue weighted by atomic mass is 9.93. The summed E-state index contributed by atoms with van der Waals surface area (Å²) in [5.41, 5.74) is 4.47. The monoisotopic (exact) mass is 587 g/mol. The summed E-state index contributed by atoms with van der Waals surface area (Å²) in [6, 6.07) is 15.5. The van der Waals surface area contributed by atoms with E-state index in [0.29, 0.717) is 39.9 Å². The second-order valence-corrected chi connectivity index (χ2v) is 10.8. The molecule has 10 nitrogen and oxygen atoms in total. The summed E-state index contributed by atoms with van der Waals surface area (Å²) in [5, 5.41) is 22.1. The first-order valence-corrected chi connectivity index (χ1v) is 14.4. The Labute approximate surface area is 252 Å². The molecule has 1 fully saturated rings. The zero-order valence-electron chi connectivity index (χ0n) is 24.3. The number of H-pyrrole nitrogens is 1. The average Bonchev–Trinajstić information content (AvgIpc) is 3.77. The third-order valence-corrected chi connectivity index (χ3v) is 7.91. The Kier molecular flexibility index (Phi) is 7.53. The number of carboxylic acids is 1.